The van der Waals surface area contributed by atoms with Gasteiger partial charge in [-0.15, -0.1) is 0 Å². The Morgan fingerprint density at radius 3 is 1.49 bits per heavy atom. The van der Waals surface area contributed by atoms with Crippen LogP contribution in [0, 0.1) is 0 Å². The second kappa shape index (κ2) is 16.7. The quantitative estimate of drug-likeness (QED) is 0.152. The van der Waals surface area contributed by atoms with Gasteiger partial charge in [0.1, 0.15) is 22.3 Å². The van der Waals surface area contributed by atoms with Crippen LogP contribution in [0.5, 0.6) is 0 Å². The van der Waals surface area contributed by atoms with E-state index in [0.29, 0.717) is 0 Å². The largest absolute Gasteiger partial charge is 0.456 e. The van der Waals surface area contributed by atoms with E-state index in [9.17, 15) is 0 Å². The minimum Gasteiger partial charge on any atom is -0.456 e. The lowest BCUT2D eigenvalue weighted by molar-refractivity contribution is 0.669. The summed E-state index contributed by atoms with van der Waals surface area (Å²) < 4.78 is 13.3. The first-order valence-electron chi connectivity index (χ1n) is 24.2. The van der Waals surface area contributed by atoms with Crippen LogP contribution in [0.3, 0.4) is 0 Å². The zero-order chi connectivity index (χ0) is 46.8. The molecule has 3 heteroatoms. The molecule has 0 N–H and O–H groups in total. The van der Waals surface area contributed by atoms with E-state index < -0.39 is 0 Å². The molecule has 0 unspecified atom stereocenters. The van der Waals surface area contributed by atoms with E-state index in [1.165, 1.54) is 32.7 Å². The molecular weight excluding hydrogens is 863 g/mol. The third kappa shape index (κ3) is 6.89. The first-order chi connectivity index (χ1) is 35.2. The van der Waals surface area contributed by atoms with Crippen molar-refractivity contribution >= 4 is 82.5 Å². The number of hydrogen-bond acceptors (Lipinski definition) is 3. The van der Waals surface area contributed by atoms with E-state index in [1.54, 1.807) is 0 Å². The van der Waals surface area contributed by atoms with E-state index in [0.717, 1.165) is 105 Å². The smallest absolute Gasteiger partial charge is 0.145 e. The summed E-state index contributed by atoms with van der Waals surface area (Å²) in [4.78, 5) is 2.39. The van der Waals surface area contributed by atoms with Crippen LogP contribution in [-0.4, -0.2) is 0 Å². The van der Waals surface area contributed by atoms with Gasteiger partial charge in [-0.1, -0.05) is 200 Å². The molecule has 0 aliphatic carbocycles. The Hall–Kier alpha value is -9.44. The van der Waals surface area contributed by atoms with Gasteiger partial charge in [0.25, 0.3) is 0 Å². The van der Waals surface area contributed by atoms with E-state index >= 15 is 0 Å². The zero-order valence-corrected chi connectivity index (χ0v) is 38.6. The third-order valence-corrected chi connectivity index (χ3v) is 14.3. The van der Waals surface area contributed by atoms with Crippen LogP contribution in [0.4, 0.5) is 17.1 Å². The Balaban J connectivity index is 0.905. The summed E-state index contributed by atoms with van der Waals surface area (Å²) in [7, 11) is 0. The summed E-state index contributed by atoms with van der Waals surface area (Å²) >= 11 is 0. The zero-order valence-electron chi connectivity index (χ0n) is 38.6. The van der Waals surface area contributed by atoms with Crippen LogP contribution in [0.15, 0.2) is 270 Å². The van der Waals surface area contributed by atoms with Gasteiger partial charge in [-0.2, -0.15) is 0 Å². The van der Waals surface area contributed by atoms with Crippen molar-refractivity contribution in [1.82, 2.24) is 0 Å². The average Bonchev–Trinajstić information content (AvgIpc) is 4.03. The molecule has 332 valence electrons. The summed E-state index contributed by atoms with van der Waals surface area (Å²) in [5.41, 5.74) is 18.1. The van der Waals surface area contributed by atoms with Gasteiger partial charge in [-0.3, -0.25) is 0 Å². The molecule has 0 saturated carbocycles. The van der Waals surface area contributed by atoms with Crippen molar-refractivity contribution < 1.29 is 8.83 Å². The Morgan fingerprint density at radius 1 is 0.254 bits per heavy atom. The predicted octanol–water partition coefficient (Wildman–Crippen LogP) is 19.6. The van der Waals surface area contributed by atoms with Crippen molar-refractivity contribution in [2.45, 2.75) is 0 Å². The number of furan rings is 2. The Bertz CT molecular complexity index is 4320. The second-order valence-corrected chi connectivity index (χ2v) is 18.4. The molecule has 0 radical (unpaired) electrons. The number of rotatable bonds is 8. The fourth-order valence-corrected chi connectivity index (χ4v) is 10.9. The molecule has 0 atom stereocenters. The van der Waals surface area contributed by atoms with E-state index in [-0.39, 0.29) is 0 Å². The SMILES string of the molecule is c1ccc(-c2cccc3oc4ccccc4c23)c(-c2ccc(N(c3ccc(-c4ccc(-c5ccc6ccccc6c5)cc4)cc3)c3ccc(-c4cccc5ccccc45)c4oc5ccccc5c34)cc2)c1. The molecule has 0 aliphatic heterocycles. The van der Waals surface area contributed by atoms with Crippen molar-refractivity contribution in [1.29, 1.82) is 0 Å². The van der Waals surface area contributed by atoms with Crippen molar-refractivity contribution in [3.05, 3.63) is 261 Å². The molecule has 2 aromatic heterocycles. The molecule has 0 amide bonds. The fraction of sp³-hybridized carbons (Fsp3) is 0. The van der Waals surface area contributed by atoms with Gasteiger partial charge in [-0.25, -0.2) is 0 Å². The van der Waals surface area contributed by atoms with Crippen LogP contribution in [-0.2, 0) is 0 Å². The van der Waals surface area contributed by atoms with Crippen molar-refractivity contribution in [3.63, 3.8) is 0 Å². The van der Waals surface area contributed by atoms with E-state index in [1.807, 2.05) is 12.1 Å². The van der Waals surface area contributed by atoms with Gasteiger partial charge < -0.3 is 13.7 Å². The van der Waals surface area contributed by atoms with E-state index in [2.05, 4.69) is 254 Å². The Kier molecular flexibility index (Phi) is 9.53. The molecule has 14 aromatic rings. The molecule has 71 heavy (non-hydrogen) atoms. The highest BCUT2D eigenvalue weighted by Gasteiger charge is 2.24. The summed E-state index contributed by atoms with van der Waals surface area (Å²) in [6, 6.07) is 93.6. The molecular formula is C68H43NO2. The highest BCUT2D eigenvalue weighted by Crippen LogP contribution is 2.48. The maximum atomic E-state index is 6.94. The molecule has 3 nitrogen and oxygen atoms in total. The molecule has 0 fully saturated rings. The summed E-state index contributed by atoms with van der Waals surface area (Å²) in [5.74, 6) is 0. The molecule has 2 heterocycles. The lowest BCUT2D eigenvalue weighted by atomic mass is 9.92. The maximum Gasteiger partial charge on any atom is 0.145 e. The van der Waals surface area contributed by atoms with Gasteiger partial charge in [0, 0.05) is 33.1 Å². The van der Waals surface area contributed by atoms with Gasteiger partial charge in [-0.05, 0) is 132 Å². The van der Waals surface area contributed by atoms with Gasteiger partial charge in [0.15, 0.2) is 0 Å². The molecule has 0 spiro atoms. The molecule has 12 aromatic carbocycles. The first kappa shape index (κ1) is 40.6. The number of para-hydroxylation sites is 2. The molecule has 0 bridgehead atoms. The van der Waals surface area contributed by atoms with Crippen LogP contribution in [0.1, 0.15) is 0 Å². The molecule has 14 rings (SSSR count). The molecule has 0 aliphatic rings. The minimum absolute atomic E-state index is 0.853. The number of nitrogens with zero attached hydrogens (tertiary/aromatic N) is 1. The highest BCUT2D eigenvalue weighted by atomic mass is 16.3. The van der Waals surface area contributed by atoms with Gasteiger partial charge in [0.05, 0.1) is 11.1 Å². The first-order valence-corrected chi connectivity index (χ1v) is 24.2. The average molecular weight is 906 g/mol. The van der Waals surface area contributed by atoms with Crippen molar-refractivity contribution in [2.24, 2.45) is 0 Å². The monoisotopic (exact) mass is 905 g/mol. The lowest BCUT2D eigenvalue weighted by Gasteiger charge is -2.27. The number of benzene rings is 12. The lowest BCUT2D eigenvalue weighted by Crippen LogP contribution is -2.10. The van der Waals surface area contributed by atoms with Crippen LogP contribution in [0.25, 0.3) is 121 Å². The number of anilines is 3. The summed E-state index contributed by atoms with van der Waals surface area (Å²) in [6.07, 6.45) is 0. The standard InChI is InChI=1S/C68H43NO2/c1-2-15-50-43-51(32-31-44(50)13-1)47-29-27-45(28-30-47)46-33-37-52(38-34-46)69(62-42-41-59(57-22-11-16-48-14-3-4-17-54(48)57)68-67(62)61-21-8-10-25-64(61)71-68)53-39-35-49(36-40-53)55-18-5-6-19-56(55)58-23-12-26-65-66(58)60-20-7-9-24-63(60)70-65/h1-43H. The number of fused-ring (bicyclic) bond motifs is 8. The summed E-state index contributed by atoms with van der Waals surface area (Å²) in [5, 5.41) is 9.26. The van der Waals surface area contributed by atoms with Gasteiger partial charge >= 0.3 is 0 Å². The normalized spacial score (nSPS) is 11.7. The minimum atomic E-state index is 0.853. The Morgan fingerprint density at radius 2 is 0.746 bits per heavy atom. The third-order valence-electron chi connectivity index (χ3n) is 14.3. The van der Waals surface area contributed by atoms with Crippen molar-refractivity contribution in [2.75, 3.05) is 4.90 Å². The highest BCUT2D eigenvalue weighted by molar-refractivity contribution is 6.19. The molecule has 0 saturated heterocycles. The van der Waals surface area contributed by atoms with Gasteiger partial charge in [0.2, 0.25) is 0 Å². The van der Waals surface area contributed by atoms with Crippen LogP contribution < -0.4 is 4.90 Å². The topological polar surface area (TPSA) is 29.5 Å². The second-order valence-electron chi connectivity index (χ2n) is 18.4. The Labute approximate surface area is 410 Å². The maximum absolute atomic E-state index is 6.94. The van der Waals surface area contributed by atoms with Crippen molar-refractivity contribution in [3.8, 4) is 55.6 Å². The van der Waals surface area contributed by atoms with Crippen LogP contribution >= 0.6 is 0 Å². The fourth-order valence-electron chi connectivity index (χ4n) is 10.9. The predicted molar refractivity (Wildman–Crippen MR) is 298 cm³/mol. The van der Waals surface area contributed by atoms with E-state index in [4.69, 9.17) is 8.83 Å². The number of hydrogen-bond donors (Lipinski definition) is 0. The summed E-state index contributed by atoms with van der Waals surface area (Å²) in [6.45, 7) is 0. The van der Waals surface area contributed by atoms with Crippen LogP contribution in [0.2, 0.25) is 0 Å².